The summed E-state index contributed by atoms with van der Waals surface area (Å²) in [5.74, 6) is -0.624. The van der Waals surface area contributed by atoms with Crippen molar-refractivity contribution in [2.45, 2.75) is 26.6 Å². The summed E-state index contributed by atoms with van der Waals surface area (Å²) in [7, 11) is 0. The molecule has 0 spiro atoms. The summed E-state index contributed by atoms with van der Waals surface area (Å²) < 4.78 is 9.29. The van der Waals surface area contributed by atoms with Gasteiger partial charge in [-0.25, -0.2) is 9.59 Å². The topological polar surface area (TPSA) is 64.6 Å². The van der Waals surface area contributed by atoms with Gasteiger partial charge in [0.15, 0.2) is 0 Å². The summed E-state index contributed by atoms with van der Waals surface area (Å²) in [5.41, 5.74) is 0. The summed E-state index contributed by atoms with van der Waals surface area (Å²) in [6, 6.07) is 0. The van der Waals surface area contributed by atoms with Crippen LogP contribution >= 0.6 is 0 Å². The van der Waals surface area contributed by atoms with Crippen LogP contribution in [0.2, 0.25) is 0 Å². The molecule has 0 saturated carbocycles. The minimum Gasteiger partial charge on any atom is -0.422 e. The van der Waals surface area contributed by atoms with E-state index in [1.54, 1.807) is 0 Å². The quantitative estimate of drug-likeness (QED) is 0.412. The second kappa shape index (κ2) is 6.94. The van der Waals surface area contributed by atoms with Gasteiger partial charge in [0, 0.05) is 19.5 Å². The maximum absolute atomic E-state index is 10.9. The molecule has 0 aromatic carbocycles. The van der Waals surface area contributed by atoms with E-state index in [2.05, 4.69) is 21.4 Å². The third-order valence-corrected chi connectivity index (χ3v) is 1.24. The molecule has 0 bridgehead atoms. The minimum absolute atomic E-state index is 0.529. The highest BCUT2D eigenvalue weighted by atomic mass is 16.7. The summed E-state index contributed by atoms with van der Waals surface area (Å²) in [5, 5.41) is 2.48. The summed E-state index contributed by atoms with van der Waals surface area (Å²) in [6.45, 7) is 7.11. The predicted molar refractivity (Wildman–Crippen MR) is 50.5 cm³/mol. The molecule has 14 heavy (non-hydrogen) atoms. The van der Waals surface area contributed by atoms with E-state index in [0.29, 0.717) is 6.54 Å². The predicted octanol–water partition coefficient (Wildman–Crippen LogP) is 1.20. The normalized spacial score (nSPS) is 11.3. The average Bonchev–Trinajstić information content (AvgIpc) is 2.14. The highest BCUT2D eigenvalue weighted by molar-refractivity contribution is 5.81. The minimum atomic E-state index is -0.905. The largest absolute Gasteiger partial charge is 0.422 e. The van der Waals surface area contributed by atoms with Gasteiger partial charge in [0.25, 0.3) is 0 Å². The Morgan fingerprint density at radius 3 is 2.64 bits per heavy atom. The van der Waals surface area contributed by atoms with Crippen LogP contribution in [-0.4, -0.2) is 24.9 Å². The fraction of sp³-hybridized carbons (Fsp3) is 0.556. The van der Waals surface area contributed by atoms with Crippen molar-refractivity contribution in [3.8, 4) is 0 Å². The molecule has 1 amide bonds. The van der Waals surface area contributed by atoms with Crippen molar-refractivity contribution in [2.24, 2.45) is 0 Å². The maximum atomic E-state index is 10.9. The van der Waals surface area contributed by atoms with E-state index in [9.17, 15) is 9.59 Å². The molecule has 0 aliphatic carbocycles. The first-order valence-corrected chi connectivity index (χ1v) is 4.37. The summed E-state index contributed by atoms with van der Waals surface area (Å²) in [6.07, 6.45) is 0.313. The van der Waals surface area contributed by atoms with Gasteiger partial charge < -0.3 is 14.8 Å². The molecular weight excluding hydrogens is 186 g/mol. The maximum Gasteiger partial charge on any atom is 0.410 e. The third kappa shape index (κ3) is 6.05. The molecule has 5 heteroatoms. The van der Waals surface area contributed by atoms with Crippen LogP contribution in [0.15, 0.2) is 12.7 Å². The van der Waals surface area contributed by atoms with Crippen LogP contribution in [0, 0.1) is 0 Å². The van der Waals surface area contributed by atoms with E-state index in [-0.39, 0.29) is 0 Å². The Balaban J connectivity index is 3.70. The van der Waals surface area contributed by atoms with E-state index in [1.165, 1.54) is 6.92 Å². The Hall–Kier alpha value is -1.52. The van der Waals surface area contributed by atoms with Gasteiger partial charge in [-0.05, 0) is 6.42 Å². The number of ether oxygens (including phenoxy) is 2. The van der Waals surface area contributed by atoms with Crippen LogP contribution in [0.25, 0.3) is 0 Å². The van der Waals surface area contributed by atoms with Crippen LogP contribution in [0.4, 0.5) is 4.79 Å². The molecular formula is C9H15NO4. The highest BCUT2D eigenvalue weighted by Gasteiger charge is 2.10. The lowest BCUT2D eigenvalue weighted by Crippen LogP contribution is -2.30. The molecule has 0 aliphatic heterocycles. The third-order valence-electron chi connectivity index (χ3n) is 1.24. The van der Waals surface area contributed by atoms with Gasteiger partial charge in [-0.3, -0.25) is 0 Å². The molecule has 0 radical (unpaired) electrons. The van der Waals surface area contributed by atoms with Crippen molar-refractivity contribution in [2.75, 3.05) is 6.54 Å². The Kier molecular flexibility index (Phi) is 6.19. The second-order valence-electron chi connectivity index (χ2n) is 2.54. The Bertz CT molecular complexity index is 215. The lowest BCUT2D eigenvalue weighted by molar-refractivity contribution is -0.158. The first-order valence-electron chi connectivity index (χ1n) is 4.37. The smallest absolute Gasteiger partial charge is 0.410 e. The van der Waals surface area contributed by atoms with Crippen LogP contribution < -0.4 is 5.32 Å². The number of hydrogen-bond donors (Lipinski definition) is 1. The number of rotatable bonds is 5. The van der Waals surface area contributed by atoms with E-state index in [1.807, 2.05) is 6.92 Å². The number of amides is 1. The van der Waals surface area contributed by atoms with Crippen LogP contribution in [0.5, 0.6) is 0 Å². The first-order chi connectivity index (χ1) is 6.60. The summed E-state index contributed by atoms with van der Waals surface area (Å²) >= 11 is 0. The Morgan fingerprint density at radius 2 is 2.14 bits per heavy atom. The Morgan fingerprint density at radius 1 is 1.50 bits per heavy atom. The summed E-state index contributed by atoms with van der Waals surface area (Å²) in [4.78, 5) is 21.6. The molecule has 1 atom stereocenters. The zero-order chi connectivity index (χ0) is 11.0. The van der Waals surface area contributed by atoms with Crippen molar-refractivity contribution in [3.63, 3.8) is 0 Å². The molecule has 0 fully saturated rings. The SMILES string of the molecule is C=CC(=O)OC(C)OC(=O)NCCC. The van der Waals surface area contributed by atoms with Gasteiger partial charge in [-0.1, -0.05) is 13.5 Å². The number of hydrogen-bond acceptors (Lipinski definition) is 4. The number of esters is 1. The van der Waals surface area contributed by atoms with Crippen molar-refractivity contribution in [1.29, 1.82) is 0 Å². The van der Waals surface area contributed by atoms with Crippen LogP contribution in [-0.2, 0) is 14.3 Å². The van der Waals surface area contributed by atoms with E-state index in [4.69, 9.17) is 0 Å². The zero-order valence-corrected chi connectivity index (χ0v) is 8.41. The van der Waals surface area contributed by atoms with Gasteiger partial charge in [0.05, 0.1) is 0 Å². The van der Waals surface area contributed by atoms with Crippen LogP contribution in [0.1, 0.15) is 20.3 Å². The van der Waals surface area contributed by atoms with Crippen molar-refractivity contribution >= 4 is 12.1 Å². The first kappa shape index (κ1) is 12.5. The molecule has 80 valence electrons. The van der Waals surface area contributed by atoms with Gasteiger partial charge in [0.2, 0.25) is 6.29 Å². The van der Waals surface area contributed by atoms with Crippen molar-refractivity contribution < 1.29 is 19.1 Å². The van der Waals surface area contributed by atoms with Crippen molar-refractivity contribution in [1.82, 2.24) is 5.32 Å². The Labute approximate surface area is 83.1 Å². The molecule has 0 heterocycles. The molecule has 1 unspecified atom stereocenters. The van der Waals surface area contributed by atoms with E-state index >= 15 is 0 Å². The lowest BCUT2D eigenvalue weighted by Gasteiger charge is -2.12. The fourth-order valence-electron chi connectivity index (χ4n) is 0.655. The lowest BCUT2D eigenvalue weighted by atomic mass is 10.5. The zero-order valence-electron chi connectivity index (χ0n) is 8.41. The standard InChI is InChI=1S/C9H15NO4/c1-4-6-10-9(12)14-7(3)13-8(11)5-2/h5,7H,2,4,6H2,1,3H3,(H,10,12). The fourth-order valence-corrected chi connectivity index (χ4v) is 0.655. The molecule has 0 aromatic rings. The average molecular weight is 201 g/mol. The number of carbonyl (C=O) groups is 2. The van der Waals surface area contributed by atoms with E-state index < -0.39 is 18.4 Å². The monoisotopic (exact) mass is 201 g/mol. The van der Waals surface area contributed by atoms with Crippen molar-refractivity contribution in [3.05, 3.63) is 12.7 Å². The number of nitrogens with one attached hydrogen (secondary N) is 1. The van der Waals surface area contributed by atoms with Crippen LogP contribution in [0.3, 0.4) is 0 Å². The van der Waals surface area contributed by atoms with Gasteiger partial charge in [0.1, 0.15) is 0 Å². The second-order valence-corrected chi connectivity index (χ2v) is 2.54. The van der Waals surface area contributed by atoms with Gasteiger partial charge in [-0.15, -0.1) is 0 Å². The molecule has 5 nitrogen and oxygen atoms in total. The molecule has 0 rings (SSSR count). The number of alkyl carbamates (subject to hydrolysis) is 1. The van der Waals surface area contributed by atoms with Gasteiger partial charge in [-0.2, -0.15) is 0 Å². The van der Waals surface area contributed by atoms with Gasteiger partial charge >= 0.3 is 12.1 Å². The molecule has 1 N–H and O–H groups in total. The number of carbonyl (C=O) groups excluding carboxylic acids is 2. The molecule has 0 aliphatic rings. The van der Waals surface area contributed by atoms with E-state index in [0.717, 1.165) is 12.5 Å². The molecule has 0 aromatic heterocycles. The highest BCUT2D eigenvalue weighted by Crippen LogP contribution is 1.95. The molecule has 0 saturated heterocycles.